The molecule has 23 heavy (non-hydrogen) atoms. The Kier molecular flexibility index (Phi) is 6.98. The number of hydrogen-bond acceptors (Lipinski definition) is 3. The van der Waals surface area contributed by atoms with Gasteiger partial charge in [-0.15, -0.1) is 0 Å². The fourth-order valence-corrected chi connectivity index (χ4v) is 8.83. The first-order chi connectivity index (χ1) is 11.3. The molecule has 0 saturated carbocycles. The zero-order chi connectivity index (χ0) is 16.1. The van der Waals surface area contributed by atoms with E-state index in [9.17, 15) is 0 Å². The van der Waals surface area contributed by atoms with Crippen LogP contribution in [0.2, 0.25) is 8.86 Å². The first-order valence-electron chi connectivity index (χ1n) is 7.58. The summed E-state index contributed by atoms with van der Waals surface area (Å²) in [5.74, 6) is 6.62. The predicted octanol–water partition coefficient (Wildman–Crippen LogP) is 6.08. The van der Waals surface area contributed by atoms with E-state index in [1.807, 2.05) is 34.0 Å². The topological polar surface area (TPSA) is 0 Å². The van der Waals surface area contributed by atoms with E-state index in [1.54, 1.807) is 0 Å². The van der Waals surface area contributed by atoms with Gasteiger partial charge in [-0.3, -0.25) is 0 Å². The molecule has 3 aromatic rings. The van der Waals surface area contributed by atoms with Crippen LogP contribution in [-0.2, 0) is 49.1 Å². The molecule has 3 aromatic heterocycles. The Bertz CT molecular complexity index is 848. The van der Waals surface area contributed by atoms with Crippen molar-refractivity contribution in [1.29, 1.82) is 0 Å². The van der Waals surface area contributed by atoms with Crippen LogP contribution in [0.25, 0.3) is 19.5 Å². The molecule has 0 unspecified atom stereocenters. The maximum atomic E-state index is 3.36. The summed E-state index contributed by atoms with van der Waals surface area (Å²) in [6, 6.07) is 13.2. The third-order valence-electron chi connectivity index (χ3n) is 3.08. The summed E-state index contributed by atoms with van der Waals surface area (Å²) in [5, 5.41) is 0. The first kappa shape index (κ1) is 17.9. The van der Waals surface area contributed by atoms with Crippen molar-refractivity contribution in [3.63, 3.8) is 0 Å². The van der Waals surface area contributed by atoms with Crippen molar-refractivity contribution < 1.29 is 49.1 Å². The van der Waals surface area contributed by atoms with Gasteiger partial charge in [0.05, 0.1) is 0 Å². The molecule has 0 amide bonds. The van der Waals surface area contributed by atoms with Gasteiger partial charge < -0.3 is 0 Å². The Morgan fingerprint density at radius 1 is 0.609 bits per heavy atom. The molecule has 0 aliphatic heterocycles. The fourth-order valence-electron chi connectivity index (χ4n) is 2.03. The van der Waals surface area contributed by atoms with Gasteiger partial charge in [-0.2, -0.15) is 0 Å². The minimum atomic E-state index is -0.824. The van der Waals surface area contributed by atoms with Gasteiger partial charge in [-0.25, -0.2) is 0 Å². The monoisotopic (exact) mass is 728 g/mol. The summed E-state index contributed by atoms with van der Waals surface area (Å²) in [4.78, 5) is 7.75. The quantitative estimate of drug-likeness (QED) is 0.222. The van der Waals surface area contributed by atoms with Gasteiger partial charge in [0.25, 0.3) is 0 Å². The fraction of sp³-hybridized carbons (Fsp3) is 0.111. The molecule has 3 heterocycles. The van der Waals surface area contributed by atoms with E-state index in [4.69, 9.17) is 0 Å². The van der Waals surface area contributed by atoms with Crippen LogP contribution < -0.4 is 0 Å². The summed E-state index contributed by atoms with van der Waals surface area (Å²) < 4.78 is 11.3. The van der Waals surface area contributed by atoms with Crippen molar-refractivity contribution >= 4 is 34.0 Å². The maximum absolute atomic E-state index is 3.36. The van der Waals surface area contributed by atoms with Crippen LogP contribution in [0.4, 0.5) is 0 Å². The Morgan fingerprint density at radius 2 is 1.00 bits per heavy atom. The van der Waals surface area contributed by atoms with E-state index in [0.717, 1.165) is 0 Å². The predicted molar refractivity (Wildman–Crippen MR) is 96.4 cm³/mol. The van der Waals surface area contributed by atoms with Crippen molar-refractivity contribution in [1.82, 2.24) is 0 Å². The van der Waals surface area contributed by atoms with Crippen LogP contribution in [0, 0.1) is 18.7 Å². The average molecular weight is 726 g/mol. The molecule has 0 atom stereocenters. The third kappa shape index (κ3) is 4.80. The van der Waals surface area contributed by atoms with E-state index in [-0.39, 0.29) is 0 Å². The van der Waals surface area contributed by atoms with Crippen molar-refractivity contribution in [2.75, 3.05) is 0 Å². The molecule has 0 aliphatic rings. The van der Waals surface area contributed by atoms with Gasteiger partial charge in [-0.1, -0.05) is 0 Å². The Labute approximate surface area is 174 Å². The van der Waals surface area contributed by atoms with Crippen molar-refractivity contribution in [2.24, 2.45) is 0 Å². The SMILES string of the molecule is [CH3][Hg][C]#Cc1ccc(-c2ccc(-c3ccc(C#[C][Hg][CH3])s3)s2)s1. The van der Waals surface area contributed by atoms with E-state index in [2.05, 4.69) is 64.0 Å². The molecule has 0 spiro atoms. The second-order valence-corrected chi connectivity index (χ2v) is 16.3. The Hall–Kier alpha value is 0.0901. The molecular weight excluding hydrogens is 714 g/mol. The Balaban J connectivity index is 1.82. The molecule has 0 nitrogen and oxygen atoms in total. The second-order valence-electron chi connectivity index (χ2n) is 4.80. The standard InChI is InChI=1S/C16H6S3.2CH3.2Hg/c1-3-11-5-7-13(17-11)15-9-10-16(19-15)14-8-6-12(4-2)18-14;;;;/h5-10H;2*1H3;;. The second kappa shape index (κ2) is 8.97. The van der Waals surface area contributed by atoms with Crippen LogP contribution >= 0.6 is 34.0 Å². The number of hydrogen-bond donors (Lipinski definition) is 0. The third-order valence-corrected chi connectivity index (χ3v) is 10.7. The van der Waals surface area contributed by atoms with E-state index in [0.29, 0.717) is 0 Å². The van der Waals surface area contributed by atoms with Gasteiger partial charge in [0.15, 0.2) is 0 Å². The summed E-state index contributed by atoms with van der Waals surface area (Å²) >= 11 is 3.84. The number of rotatable bonds is 2. The normalized spacial score (nSPS) is 9.13. The van der Waals surface area contributed by atoms with Crippen molar-refractivity contribution in [3.8, 4) is 38.2 Å². The molecule has 0 bridgehead atoms. The van der Waals surface area contributed by atoms with Crippen LogP contribution in [-0.4, -0.2) is 0 Å². The van der Waals surface area contributed by atoms with Crippen molar-refractivity contribution in [2.45, 2.75) is 8.86 Å². The summed E-state index contributed by atoms with van der Waals surface area (Å²) in [7, 11) is 0. The van der Waals surface area contributed by atoms with Crippen molar-refractivity contribution in [3.05, 3.63) is 46.2 Å². The zero-order valence-electron chi connectivity index (χ0n) is 13.1. The molecule has 0 radical (unpaired) electrons. The van der Waals surface area contributed by atoms with Gasteiger partial charge in [-0.05, 0) is 0 Å². The Morgan fingerprint density at radius 3 is 1.43 bits per heavy atom. The molecule has 0 saturated heterocycles. The molecule has 106 valence electrons. The molecule has 5 heteroatoms. The van der Waals surface area contributed by atoms with E-state index in [1.165, 1.54) is 29.3 Å². The summed E-state index contributed by atoms with van der Waals surface area (Å²) in [6.07, 6.45) is 0. The number of thiophene rings is 3. The van der Waals surface area contributed by atoms with Gasteiger partial charge in [0, 0.05) is 0 Å². The zero-order valence-corrected chi connectivity index (χ0v) is 26.5. The first-order valence-corrected chi connectivity index (χ1v) is 26.5. The molecular formula is C18H12Hg2S3. The molecule has 3 rings (SSSR count). The van der Waals surface area contributed by atoms with E-state index < -0.39 is 49.1 Å². The average Bonchev–Trinajstić information content (AvgIpc) is 3.29. The van der Waals surface area contributed by atoms with Gasteiger partial charge >= 0.3 is 176 Å². The summed E-state index contributed by atoms with van der Waals surface area (Å²) in [5.41, 5.74) is 0. The van der Waals surface area contributed by atoms with Crippen LogP contribution in [0.5, 0.6) is 0 Å². The van der Waals surface area contributed by atoms with E-state index >= 15 is 0 Å². The van der Waals surface area contributed by atoms with Crippen LogP contribution in [0.3, 0.4) is 0 Å². The van der Waals surface area contributed by atoms with Gasteiger partial charge in [0.1, 0.15) is 0 Å². The molecule has 0 aromatic carbocycles. The molecule has 0 fully saturated rings. The summed E-state index contributed by atoms with van der Waals surface area (Å²) in [6.45, 7) is 0. The van der Waals surface area contributed by atoms with Gasteiger partial charge in [0.2, 0.25) is 0 Å². The molecule has 0 aliphatic carbocycles. The van der Waals surface area contributed by atoms with Crippen LogP contribution in [0.1, 0.15) is 9.75 Å². The molecule has 0 N–H and O–H groups in total. The minimum absolute atomic E-state index is 0.824. The van der Waals surface area contributed by atoms with Crippen LogP contribution in [0.15, 0.2) is 36.4 Å².